The molecule has 136 valence electrons. The molecular weight excluding hydrogens is 403 g/mol. The molecular formula is C17H35IN4O. The molecule has 1 saturated heterocycles. The maximum Gasteiger partial charge on any atom is 0.222 e. The number of likely N-dealkylation sites (tertiary alicyclic amines) is 1. The number of carbonyl (C=O) groups is 1. The Labute approximate surface area is 159 Å². The van der Waals surface area contributed by atoms with Crippen LogP contribution in [0.1, 0.15) is 53.4 Å². The van der Waals surface area contributed by atoms with Gasteiger partial charge in [0, 0.05) is 39.1 Å². The zero-order chi connectivity index (χ0) is 16.6. The fourth-order valence-corrected chi connectivity index (χ4v) is 3.20. The van der Waals surface area contributed by atoms with Gasteiger partial charge >= 0.3 is 0 Å². The van der Waals surface area contributed by atoms with Crippen LogP contribution in [0.15, 0.2) is 4.99 Å². The van der Waals surface area contributed by atoms with Crippen LogP contribution in [-0.4, -0.2) is 50.0 Å². The molecule has 1 aliphatic heterocycles. The molecule has 0 aromatic carbocycles. The van der Waals surface area contributed by atoms with Crippen molar-refractivity contribution in [2.75, 3.05) is 33.2 Å². The summed E-state index contributed by atoms with van der Waals surface area (Å²) in [6.45, 7) is 11.9. The number of rotatable bonds is 6. The normalized spacial score (nSPS) is 21.8. The van der Waals surface area contributed by atoms with Gasteiger partial charge in [0.1, 0.15) is 0 Å². The summed E-state index contributed by atoms with van der Waals surface area (Å²) >= 11 is 0. The predicted molar refractivity (Wildman–Crippen MR) is 108 cm³/mol. The lowest BCUT2D eigenvalue weighted by Gasteiger charge is -2.42. The molecule has 1 rings (SSSR count). The van der Waals surface area contributed by atoms with Crippen molar-refractivity contribution in [3.63, 3.8) is 0 Å². The number of aliphatic imine (C=N–C) groups is 1. The van der Waals surface area contributed by atoms with Crippen LogP contribution in [0.5, 0.6) is 0 Å². The van der Waals surface area contributed by atoms with E-state index in [1.165, 1.54) is 25.7 Å². The van der Waals surface area contributed by atoms with Gasteiger partial charge in [-0.3, -0.25) is 9.79 Å². The highest BCUT2D eigenvalue weighted by atomic mass is 127. The monoisotopic (exact) mass is 438 g/mol. The van der Waals surface area contributed by atoms with Crippen LogP contribution in [0, 0.1) is 11.3 Å². The second kappa shape index (κ2) is 11.1. The smallest absolute Gasteiger partial charge is 0.222 e. The number of guanidine groups is 1. The van der Waals surface area contributed by atoms with Gasteiger partial charge in [-0.1, -0.05) is 34.1 Å². The van der Waals surface area contributed by atoms with Crippen molar-refractivity contribution in [3.8, 4) is 0 Å². The predicted octanol–water partition coefficient (Wildman–Crippen LogP) is 2.85. The van der Waals surface area contributed by atoms with Crippen molar-refractivity contribution in [3.05, 3.63) is 0 Å². The van der Waals surface area contributed by atoms with E-state index in [9.17, 15) is 4.79 Å². The Bertz CT molecular complexity index is 383. The first kappa shape index (κ1) is 22.5. The molecule has 1 aliphatic rings. The average Bonchev–Trinajstić information content (AvgIpc) is 2.46. The summed E-state index contributed by atoms with van der Waals surface area (Å²) in [5, 5.41) is 6.30. The zero-order valence-electron chi connectivity index (χ0n) is 15.4. The van der Waals surface area contributed by atoms with Crippen molar-refractivity contribution in [1.82, 2.24) is 15.5 Å². The van der Waals surface area contributed by atoms with E-state index >= 15 is 0 Å². The van der Waals surface area contributed by atoms with E-state index in [1.54, 1.807) is 0 Å². The SMILES string of the molecule is CCCC1(C)CCCN(C(=NC)NCCNC(=O)C(C)C)C1.I. The van der Waals surface area contributed by atoms with Crippen LogP contribution in [0.25, 0.3) is 0 Å². The van der Waals surface area contributed by atoms with Crippen molar-refractivity contribution < 1.29 is 4.79 Å². The van der Waals surface area contributed by atoms with E-state index in [0.29, 0.717) is 18.5 Å². The van der Waals surface area contributed by atoms with Crippen LogP contribution in [0.3, 0.4) is 0 Å². The highest BCUT2D eigenvalue weighted by Gasteiger charge is 2.31. The Balaban J connectivity index is 0.00000484. The number of hydrogen-bond donors (Lipinski definition) is 2. The van der Waals surface area contributed by atoms with E-state index in [0.717, 1.165) is 19.0 Å². The lowest BCUT2D eigenvalue weighted by Crippen LogP contribution is -2.51. The Morgan fingerprint density at radius 3 is 2.52 bits per heavy atom. The largest absolute Gasteiger partial charge is 0.354 e. The first-order chi connectivity index (χ1) is 10.4. The Hall–Kier alpha value is -0.530. The van der Waals surface area contributed by atoms with E-state index in [1.807, 2.05) is 20.9 Å². The fourth-order valence-electron chi connectivity index (χ4n) is 3.20. The van der Waals surface area contributed by atoms with Gasteiger partial charge in [-0.05, 0) is 24.7 Å². The topological polar surface area (TPSA) is 56.7 Å². The number of amides is 1. The highest BCUT2D eigenvalue weighted by Crippen LogP contribution is 2.33. The zero-order valence-corrected chi connectivity index (χ0v) is 17.8. The minimum absolute atomic E-state index is 0. The molecule has 0 aliphatic carbocycles. The van der Waals surface area contributed by atoms with E-state index < -0.39 is 0 Å². The maximum absolute atomic E-state index is 11.5. The molecule has 1 fully saturated rings. The van der Waals surface area contributed by atoms with Gasteiger partial charge in [-0.2, -0.15) is 0 Å². The first-order valence-electron chi connectivity index (χ1n) is 8.65. The average molecular weight is 438 g/mol. The van der Waals surface area contributed by atoms with Crippen LogP contribution in [-0.2, 0) is 4.79 Å². The van der Waals surface area contributed by atoms with E-state index in [2.05, 4.69) is 34.4 Å². The third-order valence-corrected chi connectivity index (χ3v) is 4.38. The first-order valence-corrected chi connectivity index (χ1v) is 8.65. The van der Waals surface area contributed by atoms with Crippen LogP contribution in [0.2, 0.25) is 0 Å². The molecule has 1 heterocycles. The summed E-state index contributed by atoms with van der Waals surface area (Å²) in [4.78, 5) is 18.3. The molecule has 23 heavy (non-hydrogen) atoms. The van der Waals surface area contributed by atoms with Crippen LogP contribution >= 0.6 is 24.0 Å². The number of nitrogens with zero attached hydrogens (tertiary/aromatic N) is 2. The summed E-state index contributed by atoms with van der Waals surface area (Å²) in [6, 6.07) is 0. The van der Waals surface area contributed by atoms with Gasteiger partial charge in [0.25, 0.3) is 0 Å². The standard InChI is InChI=1S/C17H34N4O.HI/c1-6-8-17(4)9-7-12-21(13-17)16(18-5)20-11-10-19-15(22)14(2)3;/h14H,6-13H2,1-5H3,(H,18,20)(H,19,22);1H. The van der Waals surface area contributed by atoms with Gasteiger partial charge < -0.3 is 15.5 Å². The molecule has 0 aromatic heterocycles. The van der Waals surface area contributed by atoms with Gasteiger partial charge in [0.2, 0.25) is 5.91 Å². The summed E-state index contributed by atoms with van der Waals surface area (Å²) in [5.41, 5.74) is 0.399. The molecule has 0 spiro atoms. The molecule has 5 nitrogen and oxygen atoms in total. The van der Waals surface area contributed by atoms with E-state index in [-0.39, 0.29) is 35.8 Å². The minimum Gasteiger partial charge on any atom is -0.354 e. The molecule has 0 saturated carbocycles. The van der Waals surface area contributed by atoms with Crippen molar-refractivity contribution in [2.24, 2.45) is 16.3 Å². The summed E-state index contributed by atoms with van der Waals surface area (Å²) in [5.74, 6) is 1.10. The molecule has 1 atom stereocenters. The second-order valence-corrected chi connectivity index (χ2v) is 7.01. The van der Waals surface area contributed by atoms with Gasteiger partial charge in [-0.15, -0.1) is 24.0 Å². The molecule has 6 heteroatoms. The molecule has 1 unspecified atom stereocenters. The number of nitrogens with one attached hydrogen (secondary N) is 2. The summed E-state index contributed by atoms with van der Waals surface area (Å²) in [7, 11) is 1.83. The lowest BCUT2D eigenvalue weighted by molar-refractivity contribution is -0.123. The Morgan fingerprint density at radius 2 is 1.96 bits per heavy atom. The number of halogens is 1. The lowest BCUT2D eigenvalue weighted by atomic mass is 9.78. The molecule has 1 amide bonds. The third-order valence-electron chi connectivity index (χ3n) is 4.38. The highest BCUT2D eigenvalue weighted by molar-refractivity contribution is 14.0. The van der Waals surface area contributed by atoms with Gasteiger partial charge in [-0.25, -0.2) is 0 Å². The Kier molecular flexibility index (Phi) is 10.8. The molecule has 0 bridgehead atoms. The minimum atomic E-state index is 0. The van der Waals surface area contributed by atoms with Crippen LogP contribution < -0.4 is 10.6 Å². The summed E-state index contributed by atoms with van der Waals surface area (Å²) in [6.07, 6.45) is 5.03. The van der Waals surface area contributed by atoms with Crippen molar-refractivity contribution >= 4 is 35.8 Å². The number of hydrogen-bond acceptors (Lipinski definition) is 2. The third kappa shape index (κ3) is 7.72. The molecule has 2 N–H and O–H groups in total. The van der Waals surface area contributed by atoms with Crippen molar-refractivity contribution in [2.45, 2.75) is 53.4 Å². The quantitative estimate of drug-likeness (QED) is 0.290. The maximum atomic E-state index is 11.5. The Morgan fingerprint density at radius 1 is 1.30 bits per heavy atom. The van der Waals surface area contributed by atoms with Crippen LogP contribution in [0.4, 0.5) is 0 Å². The van der Waals surface area contributed by atoms with E-state index in [4.69, 9.17) is 0 Å². The number of carbonyl (C=O) groups excluding carboxylic acids is 1. The van der Waals surface area contributed by atoms with Crippen molar-refractivity contribution in [1.29, 1.82) is 0 Å². The fraction of sp³-hybridized carbons (Fsp3) is 0.882. The molecule has 0 radical (unpaired) electrons. The summed E-state index contributed by atoms with van der Waals surface area (Å²) < 4.78 is 0. The molecule has 0 aromatic rings. The van der Waals surface area contributed by atoms with Gasteiger partial charge in [0.05, 0.1) is 0 Å². The second-order valence-electron chi connectivity index (χ2n) is 7.01. The van der Waals surface area contributed by atoms with Gasteiger partial charge in [0.15, 0.2) is 5.96 Å². The number of piperidine rings is 1.